The summed E-state index contributed by atoms with van der Waals surface area (Å²) in [7, 11) is 0. The highest BCUT2D eigenvalue weighted by molar-refractivity contribution is 6.31. The molecular weight excluding hydrogens is 321 g/mol. The van der Waals surface area contributed by atoms with Crippen molar-refractivity contribution in [1.29, 1.82) is 0 Å². The molecule has 2 N–H and O–H groups in total. The van der Waals surface area contributed by atoms with Gasteiger partial charge in [-0.2, -0.15) is 0 Å². The lowest BCUT2D eigenvalue weighted by molar-refractivity contribution is 0.0730. The molecule has 1 aliphatic rings. The largest absolute Gasteiger partial charge is 0.397 e. The van der Waals surface area contributed by atoms with Crippen molar-refractivity contribution < 1.29 is 4.79 Å². The summed E-state index contributed by atoms with van der Waals surface area (Å²) in [5.41, 5.74) is 7.59. The summed E-state index contributed by atoms with van der Waals surface area (Å²) >= 11 is 6.27. The van der Waals surface area contributed by atoms with Crippen LogP contribution < -0.4 is 5.73 Å². The maximum atomic E-state index is 12.6. The number of benzene rings is 1. The number of amides is 1. The average Bonchev–Trinajstić information content (AvgIpc) is 2.97. The highest BCUT2D eigenvalue weighted by Gasteiger charge is 2.32. The molecule has 6 heteroatoms. The molecule has 116 valence electrons. The van der Waals surface area contributed by atoms with Gasteiger partial charge in [0.15, 0.2) is 0 Å². The van der Waals surface area contributed by atoms with Crippen LogP contribution >= 0.6 is 24.0 Å². The van der Waals surface area contributed by atoms with Crippen molar-refractivity contribution in [3.8, 4) is 0 Å². The number of carbonyl (C=O) groups excluding carboxylic acids is 1. The zero-order chi connectivity index (χ0) is 14.8. The molecule has 0 aliphatic carbocycles. The molecule has 1 saturated heterocycles. The Morgan fingerprint density at radius 2 is 2.05 bits per heavy atom. The van der Waals surface area contributed by atoms with Gasteiger partial charge in [-0.3, -0.25) is 4.79 Å². The predicted octanol–water partition coefficient (Wildman–Crippen LogP) is 3.72. The fourth-order valence-corrected chi connectivity index (χ4v) is 3.02. The molecule has 1 amide bonds. The SMILES string of the molecule is Cl.Nc1ccc(C(=O)N2CCCC2c2ccccc2Cl)nc1. The molecule has 2 heterocycles. The molecule has 0 saturated carbocycles. The van der Waals surface area contributed by atoms with E-state index in [4.69, 9.17) is 17.3 Å². The van der Waals surface area contributed by atoms with Crippen LogP contribution in [0.4, 0.5) is 5.69 Å². The van der Waals surface area contributed by atoms with Gasteiger partial charge in [0.1, 0.15) is 5.69 Å². The fraction of sp³-hybridized carbons (Fsp3) is 0.250. The quantitative estimate of drug-likeness (QED) is 0.908. The van der Waals surface area contributed by atoms with E-state index in [1.807, 2.05) is 29.2 Å². The minimum absolute atomic E-state index is 0. The number of likely N-dealkylation sites (tertiary alicyclic amines) is 1. The number of nitrogens with zero attached hydrogens (tertiary/aromatic N) is 2. The first-order valence-corrected chi connectivity index (χ1v) is 7.31. The highest BCUT2D eigenvalue weighted by Crippen LogP contribution is 2.36. The van der Waals surface area contributed by atoms with Crippen LogP contribution in [0.3, 0.4) is 0 Å². The number of anilines is 1. The van der Waals surface area contributed by atoms with E-state index in [0.29, 0.717) is 16.4 Å². The number of rotatable bonds is 2. The Hall–Kier alpha value is -1.78. The van der Waals surface area contributed by atoms with E-state index in [1.165, 1.54) is 6.20 Å². The monoisotopic (exact) mass is 337 g/mol. The van der Waals surface area contributed by atoms with Gasteiger partial charge < -0.3 is 10.6 Å². The second-order valence-corrected chi connectivity index (χ2v) is 5.56. The van der Waals surface area contributed by atoms with Crippen molar-refractivity contribution in [3.63, 3.8) is 0 Å². The van der Waals surface area contributed by atoms with E-state index in [-0.39, 0.29) is 24.4 Å². The third kappa shape index (κ3) is 3.18. The summed E-state index contributed by atoms with van der Waals surface area (Å²) in [4.78, 5) is 18.6. The number of hydrogen-bond donors (Lipinski definition) is 1. The maximum Gasteiger partial charge on any atom is 0.272 e. The minimum atomic E-state index is -0.0718. The molecular formula is C16H17Cl2N3O. The lowest BCUT2D eigenvalue weighted by atomic mass is 10.0. The molecule has 22 heavy (non-hydrogen) atoms. The second-order valence-electron chi connectivity index (χ2n) is 5.15. The molecule has 1 aromatic heterocycles. The summed E-state index contributed by atoms with van der Waals surface area (Å²) in [5.74, 6) is -0.0718. The van der Waals surface area contributed by atoms with Gasteiger partial charge in [0.2, 0.25) is 0 Å². The van der Waals surface area contributed by atoms with Gasteiger partial charge in [-0.05, 0) is 36.6 Å². The molecule has 1 fully saturated rings. The van der Waals surface area contributed by atoms with E-state index in [9.17, 15) is 4.79 Å². The highest BCUT2D eigenvalue weighted by atomic mass is 35.5. The van der Waals surface area contributed by atoms with Gasteiger partial charge in [-0.1, -0.05) is 29.8 Å². The third-order valence-corrected chi connectivity index (χ3v) is 4.13. The van der Waals surface area contributed by atoms with E-state index in [1.54, 1.807) is 12.1 Å². The Labute approximate surface area is 140 Å². The van der Waals surface area contributed by atoms with Crippen LogP contribution in [-0.4, -0.2) is 22.3 Å². The van der Waals surface area contributed by atoms with Crippen LogP contribution in [-0.2, 0) is 0 Å². The van der Waals surface area contributed by atoms with Crippen molar-refractivity contribution in [2.45, 2.75) is 18.9 Å². The summed E-state index contributed by atoms with van der Waals surface area (Å²) in [5, 5.41) is 0.701. The number of nitrogens with two attached hydrogens (primary N) is 1. The van der Waals surface area contributed by atoms with Crippen LogP contribution in [0.5, 0.6) is 0 Å². The Balaban J connectivity index is 0.00000176. The maximum absolute atomic E-state index is 12.6. The second kappa shape index (κ2) is 6.99. The van der Waals surface area contributed by atoms with Crippen molar-refractivity contribution >= 4 is 35.6 Å². The van der Waals surface area contributed by atoms with Gasteiger partial charge in [-0.15, -0.1) is 12.4 Å². The van der Waals surface area contributed by atoms with Gasteiger partial charge >= 0.3 is 0 Å². The van der Waals surface area contributed by atoms with Crippen molar-refractivity contribution in [3.05, 3.63) is 58.9 Å². The fourth-order valence-electron chi connectivity index (χ4n) is 2.76. The van der Waals surface area contributed by atoms with Crippen LogP contribution in [0.1, 0.15) is 34.9 Å². The Morgan fingerprint density at radius 1 is 1.27 bits per heavy atom. The Kier molecular flexibility index (Phi) is 5.27. The van der Waals surface area contributed by atoms with Crippen molar-refractivity contribution in [1.82, 2.24) is 9.88 Å². The number of aromatic nitrogens is 1. The first kappa shape index (κ1) is 16.6. The minimum Gasteiger partial charge on any atom is -0.397 e. The zero-order valence-corrected chi connectivity index (χ0v) is 13.5. The molecule has 0 spiro atoms. The van der Waals surface area contributed by atoms with Crippen molar-refractivity contribution in [2.75, 3.05) is 12.3 Å². The van der Waals surface area contributed by atoms with Gasteiger partial charge in [0, 0.05) is 11.6 Å². The van der Waals surface area contributed by atoms with Gasteiger partial charge in [0.25, 0.3) is 5.91 Å². The summed E-state index contributed by atoms with van der Waals surface area (Å²) in [6.45, 7) is 0.723. The smallest absolute Gasteiger partial charge is 0.272 e. The number of pyridine rings is 1. The molecule has 2 aromatic rings. The Morgan fingerprint density at radius 3 is 2.73 bits per heavy atom. The van der Waals surface area contributed by atoms with E-state index in [0.717, 1.165) is 24.9 Å². The van der Waals surface area contributed by atoms with E-state index in [2.05, 4.69) is 4.98 Å². The number of carbonyl (C=O) groups is 1. The normalized spacial score (nSPS) is 17.1. The number of nitrogen functional groups attached to an aromatic ring is 1. The lowest BCUT2D eigenvalue weighted by Gasteiger charge is -2.25. The average molecular weight is 338 g/mol. The molecule has 1 aliphatic heterocycles. The molecule has 1 aromatic carbocycles. The Bertz CT molecular complexity index is 661. The summed E-state index contributed by atoms with van der Waals surface area (Å²) in [6.07, 6.45) is 3.40. The topological polar surface area (TPSA) is 59.2 Å². The van der Waals surface area contributed by atoms with E-state index < -0.39 is 0 Å². The summed E-state index contributed by atoms with van der Waals surface area (Å²) < 4.78 is 0. The standard InChI is InChI=1S/C16H16ClN3O.ClH/c17-13-5-2-1-4-12(13)15-6-3-9-20(15)16(21)14-8-7-11(18)10-19-14;/h1-2,4-5,7-8,10,15H,3,6,9,18H2;1H. The molecule has 3 rings (SSSR count). The first-order chi connectivity index (χ1) is 10.2. The van der Waals surface area contributed by atoms with Crippen LogP contribution in [0, 0.1) is 0 Å². The van der Waals surface area contributed by atoms with Crippen LogP contribution in [0.25, 0.3) is 0 Å². The number of halogens is 2. The van der Waals surface area contributed by atoms with Crippen LogP contribution in [0.15, 0.2) is 42.6 Å². The molecule has 1 atom stereocenters. The molecule has 1 unspecified atom stereocenters. The number of hydrogen-bond acceptors (Lipinski definition) is 3. The molecule has 0 radical (unpaired) electrons. The lowest BCUT2D eigenvalue weighted by Crippen LogP contribution is -2.31. The molecule has 0 bridgehead atoms. The van der Waals surface area contributed by atoms with Gasteiger partial charge in [-0.25, -0.2) is 4.98 Å². The van der Waals surface area contributed by atoms with Gasteiger partial charge in [0.05, 0.1) is 17.9 Å². The van der Waals surface area contributed by atoms with Crippen LogP contribution in [0.2, 0.25) is 5.02 Å². The van der Waals surface area contributed by atoms with Crippen molar-refractivity contribution in [2.24, 2.45) is 0 Å². The predicted molar refractivity (Wildman–Crippen MR) is 90.4 cm³/mol. The van der Waals surface area contributed by atoms with E-state index >= 15 is 0 Å². The first-order valence-electron chi connectivity index (χ1n) is 6.94. The third-order valence-electron chi connectivity index (χ3n) is 3.78. The summed E-state index contributed by atoms with van der Waals surface area (Å²) in [6, 6.07) is 11.1. The zero-order valence-electron chi connectivity index (χ0n) is 11.9. The molecule has 4 nitrogen and oxygen atoms in total.